The number of morpholine rings is 1. The molecule has 68 heavy (non-hydrogen) atoms. The van der Waals surface area contributed by atoms with Gasteiger partial charge in [-0.25, -0.2) is 28.8 Å². The fourth-order valence-electron chi connectivity index (χ4n) is 6.26. The van der Waals surface area contributed by atoms with Crippen LogP contribution in [0.5, 0.6) is 5.88 Å². The Morgan fingerprint density at radius 3 is 1.49 bits per heavy atom. The molecule has 20 nitrogen and oxygen atoms in total. The van der Waals surface area contributed by atoms with Crippen molar-refractivity contribution in [2.45, 2.75) is 194 Å². The standard InChI is InChI=1S/C43H74N4O12S.C4H4O4/c1-9-10-11-12-13-14-15-16-17-18-19-20-21-22-23-24-36(48)55-31(2)39(49)56-32(3)40(50)57-33(4)41(51)58-34(5)42(52)59-35(29-44-43(6,7)8)30-54-38-37(45-60-46-38)47-25-27-53-28-26-47;5-3(6)1-2-4(7)8/h31-35,44H,9-30H2,1-8H3;1-2H,(H,5,6)(H,7,8)/b;2-1-/t31-,32-,33-,34-,35-;/m0./s1. The molecular formula is C47H78N4O16S. The average Bonchev–Trinajstić information content (AvgIpc) is 3.76. The molecule has 2 heterocycles. The predicted octanol–water partition coefficient (Wildman–Crippen LogP) is 6.75. The highest BCUT2D eigenvalue weighted by atomic mass is 32.1. The van der Waals surface area contributed by atoms with Crippen LogP contribution in [-0.4, -0.2) is 136 Å². The van der Waals surface area contributed by atoms with Gasteiger partial charge in [0.1, 0.15) is 12.7 Å². The lowest BCUT2D eigenvalue weighted by Gasteiger charge is -2.28. The van der Waals surface area contributed by atoms with Gasteiger partial charge in [0.05, 0.1) is 24.9 Å². The number of carbonyl (C=O) groups excluding carboxylic acids is 5. The smallest absolute Gasteiger partial charge is 0.347 e. The summed E-state index contributed by atoms with van der Waals surface area (Å²) in [5, 5.41) is 18.9. The summed E-state index contributed by atoms with van der Waals surface area (Å²) >= 11 is 1.01. The lowest BCUT2D eigenvalue weighted by molar-refractivity contribution is -0.185. The molecule has 1 saturated heterocycles. The van der Waals surface area contributed by atoms with Gasteiger partial charge in [-0.05, 0) is 54.9 Å². The molecule has 1 aliphatic rings. The van der Waals surface area contributed by atoms with Crippen LogP contribution in [-0.2, 0) is 62.0 Å². The molecular weight excluding hydrogens is 909 g/mol. The third-order valence-electron chi connectivity index (χ3n) is 10.2. The number of carboxylic acids is 2. The zero-order chi connectivity index (χ0) is 50.9. The second-order valence-corrected chi connectivity index (χ2v) is 18.1. The van der Waals surface area contributed by atoms with E-state index in [0.717, 1.165) is 31.0 Å². The Morgan fingerprint density at radius 1 is 0.647 bits per heavy atom. The number of hydrogen-bond donors (Lipinski definition) is 3. The van der Waals surface area contributed by atoms with E-state index in [1.54, 1.807) is 0 Å². The van der Waals surface area contributed by atoms with E-state index >= 15 is 0 Å². The number of esters is 5. The van der Waals surface area contributed by atoms with Crippen molar-refractivity contribution in [2.75, 3.05) is 44.4 Å². The molecule has 0 aromatic carbocycles. The number of hydrogen-bond acceptors (Lipinski definition) is 19. The highest BCUT2D eigenvalue weighted by Crippen LogP contribution is 2.26. The van der Waals surface area contributed by atoms with Crippen molar-refractivity contribution in [3.05, 3.63) is 12.2 Å². The van der Waals surface area contributed by atoms with Crippen LogP contribution in [0.25, 0.3) is 0 Å². The monoisotopic (exact) mass is 987 g/mol. The number of nitrogens with one attached hydrogen (secondary N) is 1. The number of nitrogens with zero attached hydrogens (tertiary/aromatic N) is 3. The number of aliphatic carboxylic acids is 2. The normalized spacial score (nSPS) is 14.9. The first kappa shape index (κ1) is 61.1. The number of unbranched alkanes of at least 4 members (excludes halogenated alkanes) is 14. The van der Waals surface area contributed by atoms with Crippen molar-refractivity contribution < 1.29 is 76.9 Å². The molecule has 0 saturated carbocycles. The van der Waals surface area contributed by atoms with Crippen LogP contribution in [0.2, 0.25) is 0 Å². The molecule has 0 aliphatic carbocycles. The summed E-state index contributed by atoms with van der Waals surface area (Å²) in [6.07, 6.45) is 13.3. The SMILES string of the molecule is CCCCCCCCCCCCCCCCCC(=O)O[C@@H](C)C(=O)O[C@@H](C)C(=O)O[C@@H](C)C(=O)O[C@@H](C)C(=O)O[C@@H](CNC(C)(C)C)COc1nsnc1N1CCOCC1.O=C(O)/C=C\C(=O)O. The van der Waals surface area contributed by atoms with E-state index in [2.05, 4.69) is 21.0 Å². The lowest BCUT2D eigenvalue weighted by Crippen LogP contribution is -2.45. The molecule has 21 heteroatoms. The number of carbonyl (C=O) groups is 7. The summed E-state index contributed by atoms with van der Waals surface area (Å²) in [7, 11) is 0. The summed E-state index contributed by atoms with van der Waals surface area (Å²) in [6, 6.07) is 0. The van der Waals surface area contributed by atoms with Crippen LogP contribution in [0.4, 0.5) is 5.82 Å². The van der Waals surface area contributed by atoms with Crippen LogP contribution in [0, 0.1) is 0 Å². The van der Waals surface area contributed by atoms with Gasteiger partial charge in [-0.3, -0.25) is 4.79 Å². The van der Waals surface area contributed by atoms with Gasteiger partial charge in [-0.1, -0.05) is 96.8 Å². The maximum Gasteiger partial charge on any atom is 0.347 e. The molecule has 3 N–H and O–H groups in total. The van der Waals surface area contributed by atoms with Crippen molar-refractivity contribution in [2.24, 2.45) is 0 Å². The predicted molar refractivity (Wildman–Crippen MR) is 252 cm³/mol. The van der Waals surface area contributed by atoms with E-state index in [9.17, 15) is 33.6 Å². The van der Waals surface area contributed by atoms with Crippen LogP contribution < -0.4 is 15.0 Å². The van der Waals surface area contributed by atoms with Gasteiger partial charge in [0.2, 0.25) is 5.82 Å². The summed E-state index contributed by atoms with van der Waals surface area (Å²) in [4.78, 5) is 84.5. The Kier molecular flexibility index (Phi) is 31.7. The Balaban J connectivity index is 0.00000263. The molecule has 5 atom stereocenters. The number of aromatic nitrogens is 2. The van der Waals surface area contributed by atoms with Gasteiger partial charge in [-0.15, -0.1) is 4.37 Å². The minimum atomic E-state index is -1.45. The minimum Gasteiger partial charge on any atom is -0.478 e. The van der Waals surface area contributed by atoms with Crippen LogP contribution in [0.3, 0.4) is 0 Å². The van der Waals surface area contributed by atoms with Crippen molar-refractivity contribution in [1.82, 2.24) is 14.1 Å². The van der Waals surface area contributed by atoms with Crippen LogP contribution in [0.1, 0.15) is 158 Å². The molecule has 1 aromatic rings. The first-order valence-corrected chi connectivity index (χ1v) is 24.6. The van der Waals surface area contributed by atoms with Crippen molar-refractivity contribution in [3.8, 4) is 5.88 Å². The molecule has 388 valence electrons. The van der Waals surface area contributed by atoms with E-state index in [0.29, 0.717) is 56.6 Å². The summed E-state index contributed by atoms with van der Waals surface area (Å²) in [6.45, 7) is 15.9. The Hall–Kier alpha value is -4.89. The highest BCUT2D eigenvalue weighted by molar-refractivity contribution is 6.99. The van der Waals surface area contributed by atoms with Crippen molar-refractivity contribution >= 4 is 59.3 Å². The molecule has 1 fully saturated rings. The third kappa shape index (κ3) is 29.8. The highest BCUT2D eigenvalue weighted by Gasteiger charge is 2.32. The number of rotatable bonds is 33. The lowest BCUT2D eigenvalue weighted by atomic mass is 10.0. The molecule has 0 unspecified atom stereocenters. The Bertz CT molecular complexity index is 1660. The summed E-state index contributed by atoms with van der Waals surface area (Å²) in [5.74, 6) is -5.96. The van der Waals surface area contributed by atoms with Gasteiger partial charge in [0.25, 0.3) is 5.88 Å². The van der Waals surface area contributed by atoms with Crippen molar-refractivity contribution in [1.29, 1.82) is 0 Å². The number of anilines is 1. The zero-order valence-electron chi connectivity index (χ0n) is 41.5. The maximum absolute atomic E-state index is 13.1. The van der Waals surface area contributed by atoms with E-state index < -0.39 is 72.3 Å². The van der Waals surface area contributed by atoms with Gasteiger partial charge >= 0.3 is 41.8 Å². The topological polar surface area (TPSA) is 266 Å². The van der Waals surface area contributed by atoms with Crippen LogP contribution >= 0.6 is 11.7 Å². The summed E-state index contributed by atoms with van der Waals surface area (Å²) < 4.78 is 46.4. The molecule has 0 bridgehead atoms. The van der Waals surface area contributed by atoms with E-state index in [4.69, 9.17) is 43.4 Å². The second kappa shape index (κ2) is 35.3. The minimum absolute atomic E-state index is 0.0553. The molecule has 2 rings (SSSR count). The number of carboxylic acid groups (broad SMARTS) is 2. The Labute approximate surface area is 405 Å². The summed E-state index contributed by atoms with van der Waals surface area (Å²) in [5.41, 5.74) is -0.303. The largest absolute Gasteiger partial charge is 0.478 e. The van der Waals surface area contributed by atoms with E-state index in [1.807, 2.05) is 25.7 Å². The third-order valence-corrected chi connectivity index (χ3v) is 10.7. The van der Waals surface area contributed by atoms with Gasteiger partial charge < -0.3 is 53.6 Å². The molecule has 0 amide bonds. The molecule has 1 aromatic heterocycles. The fraction of sp³-hybridized carbons (Fsp3) is 0.766. The molecule has 0 radical (unpaired) electrons. The quantitative estimate of drug-likeness (QED) is 0.0284. The zero-order valence-corrected chi connectivity index (χ0v) is 42.3. The Morgan fingerprint density at radius 2 is 1.06 bits per heavy atom. The van der Waals surface area contributed by atoms with Crippen molar-refractivity contribution in [3.63, 3.8) is 0 Å². The molecule has 0 spiro atoms. The van der Waals surface area contributed by atoms with Gasteiger partial charge in [-0.2, -0.15) is 4.37 Å². The first-order valence-electron chi connectivity index (χ1n) is 23.9. The fourth-order valence-corrected chi connectivity index (χ4v) is 6.78. The number of ether oxygens (including phenoxy) is 7. The first-order chi connectivity index (χ1) is 32.2. The second-order valence-electron chi connectivity index (χ2n) is 17.6. The van der Waals surface area contributed by atoms with Gasteiger partial charge in [0.15, 0.2) is 24.4 Å². The van der Waals surface area contributed by atoms with E-state index in [1.165, 1.54) is 98.3 Å². The van der Waals surface area contributed by atoms with Gasteiger partial charge in [0, 0.05) is 43.7 Å². The maximum atomic E-state index is 13.1. The van der Waals surface area contributed by atoms with E-state index in [-0.39, 0.29) is 25.1 Å². The van der Waals surface area contributed by atoms with Crippen LogP contribution in [0.15, 0.2) is 12.2 Å². The molecule has 1 aliphatic heterocycles. The average molecular weight is 987 g/mol.